The summed E-state index contributed by atoms with van der Waals surface area (Å²) < 4.78 is 26.5. The van der Waals surface area contributed by atoms with Crippen LogP contribution in [0.3, 0.4) is 0 Å². The van der Waals surface area contributed by atoms with Gasteiger partial charge in [-0.3, -0.25) is 5.41 Å². The third-order valence-electron chi connectivity index (χ3n) is 3.08. The molecule has 0 aliphatic rings. The summed E-state index contributed by atoms with van der Waals surface area (Å²) in [5.74, 6) is 0.733. The van der Waals surface area contributed by atoms with Gasteiger partial charge in [-0.2, -0.15) is 13.6 Å². The summed E-state index contributed by atoms with van der Waals surface area (Å²) >= 11 is 7.58. The van der Waals surface area contributed by atoms with E-state index in [0.29, 0.717) is 6.54 Å². The van der Waals surface area contributed by atoms with Crippen LogP contribution in [0.2, 0.25) is 5.02 Å². The molecule has 7 nitrogen and oxygen atoms in total. The maximum atomic E-state index is 10.9. The number of hydrogen-bond donors (Lipinski definition) is 3. The zero-order valence-corrected chi connectivity index (χ0v) is 15.9. The topological polar surface area (TPSA) is 118 Å². The molecule has 2 rings (SSSR count). The predicted molar refractivity (Wildman–Crippen MR) is 105 cm³/mol. The van der Waals surface area contributed by atoms with E-state index < -0.39 is 10.3 Å². The van der Waals surface area contributed by atoms with E-state index in [1.165, 1.54) is 12.4 Å². The number of thioether (sulfide) groups is 1. The van der Waals surface area contributed by atoms with Crippen LogP contribution in [-0.2, 0) is 22.6 Å². The molecule has 0 aromatic heterocycles. The Bertz CT molecular complexity index is 887. The number of rotatable bonds is 9. The zero-order chi connectivity index (χ0) is 19.0. The number of nitrogens with zero attached hydrogens (tertiary/aromatic N) is 1. The third kappa shape index (κ3) is 7.04. The highest BCUT2D eigenvalue weighted by molar-refractivity contribution is 7.98. The van der Waals surface area contributed by atoms with Crippen molar-refractivity contribution in [3.63, 3.8) is 0 Å². The van der Waals surface area contributed by atoms with Gasteiger partial charge in [0.2, 0.25) is 0 Å². The molecule has 0 bridgehead atoms. The number of halogens is 1. The number of nitrogens with one attached hydrogen (secondary N) is 2. The molecule has 0 heterocycles. The Morgan fingerprint density at radius 3 is 2.54 bits per heavy atom. The Balaban J connectivity index is 1.91. The monoisotopic (exact) mass is 412 g/mol. The van der Waals surface area contributed by atoms with Gasteiger partial charge in [0, 0.05) is 17.2 Å². The number of aliphatic imine (C=N–C) groups is 1. The van der Waals surface area contributed by atoms with Crippen molar-refractivity contribution >= 4 is 46.3 Å². The van der Waals surface area contributed by atoms with Crippen LogP contribution >= 0.6 is 23.4 Å². The fraction of sp³-hybridized carbons (Fsp3) is 0.125. The first kappa shape index (κ1) is 20.2. The van der Waals surface area contributed by atoms with E-state index in [1.54, 1.807) is 23.9 Å². The van der Waals surface area contributed by atoms with E-state index in [-0.39, 0.29) is 10.8 Å². The maximum absolute atomic E-state index is 10.9. The molecule has 0 fully saturated rings. The Hall–Kier alpha value is -2.07. The summed E-state index contributed by atoms with van der Waals surface area (Å²) in [6.07, 6.45) is 2.44. The highest BCUT2D eigenvalue weighted by Gasteiger charge is 2.10. The maximum Gasteiger partial charge on any atom is 0.380 e. The summed E-state index contributed by atoms with van der Waals surface area (Å²) in [7, 11) is -4.10. The quantitative estimate of drug-likeness (QED) is 0.332. The van der Waals surface area contributed by atoms with E-state index in [1.807, 2.05) is 24.3 Å². The lowest BCUT2D eigenvalue weighted by molar-refractivity contribution is 0.487. The second-order valence-corrected chi connectivity index (χ2v) is 7.67. The molecule has 0 radical (unpaired) electrons. The SMILES string of the molecule is N=C/N=C\NCc1ccc(CSc2ccc(OS(N)(=O)=O)c(Cl)c2)cc1. The van der Waals surface area contributed by atoms with Crippen molar-refractivity contribution < 1.29 is 12.6 Å². The van der Waals surface area contributed by atoms with Crippen LogP contribution in [-0.4, -0.2) is 21.1 Å². The average molecular weight is 413 g/mol. The smallest absolute Gasteiger partial charge is 0.372 e. The molecule has 0 amide bonds. The van der Waals surface area contributed by atoms with Crippen LogP contribution in [0.5, 0.6) is 5.75 Å². The van der Waals surface area contributed by atoms with E-state index in [0.717, 1.165) is 28.1 Å². The largest absolute Gasteiger partial charge is 0.380 e. The van der Waals surface area contributed by atoms with Gasteiger partial charge >= 0.3 is 10.3 Å². The van der Waals surface area contributed by atoms with Crippen molar-refractivity contribution in [1.29, 1.82) is 5.41 Å². The molecule has 10 heteroatoms. The average Bonchev–Trinajstić information content (AvgIpc) is 2.59. The van der Waals surface area contributed by atoms with Gasteiger partial charge in [-0.05, 0) is 29.3 Å². The van der Waals surface area contributed by atoms with E-state index >= 15 is 0 Å². The van der Waals surface area contributed by atoms with Crippen LogP contribution in [0.25, 0.3) is 0 Å². The zero-order valence-electron chi connectivity index (χ0n) is 13.6. The molecule has 26 heavy (non-hydrogen) atoms. The molecule has 4 N–H and O–H groups in total. The second-order valence-electron chi connectivity index (χ2n) is 5.06. The summed E-state index contributed by atoms with van der Waals surface area (Å²) in [6.45, 7) is 0.631. The molecule has 0 unspecified atom stereocenters. The Labute approximate surface area is 161 Å². The Morgan fingerprint density at radius 1 is 1.23 bits per heavy atom. The standard InChI is InChI=1S/C16H17ClN4O3S2/c17-15-7-14(5-6-16(15)24-26(19,22)23)25-9-13-3-1-12(2-4-13)8-20-11-21-10-18/h1-7,10-11H,8-9H2,(H2,18,20,21)(H2,19,22,23). The van der Waals surface area contributed by atoms with Gasteiger partial charge in [0.25, 0.3) is 0 Å². The van der Waals surface area contributed by atoms with Crippen molar-refractivity contribution in [2.24, 2.45) is 10.1 Å². The van der Waals surface area contributed by atoms with Crippen molar-refractivity contribution in [1.82, 2.24) is 5.32 Å². The van der Waals surface area contributed by atoms with Gasteiger partial charge < -0.3 is 9.50 Å². The van der Waals surface area contributed by atoms with Gasteiger partial charge in [-0.15, -0.1) is 11.8 Å². The minimum absolute atomic E-state index is 0.00178. The third-order valence-corrected chi connectivity index (χ3v) is 4.86. The van der Waals surface area contributed by atoms with Crippen LogP contribution in [0.1, 0.15) is 11.1 Å². The highest BCUT2D eigenvalue weighted by Crippen LogP contribution is 2.32. The first-order chi connectivity index (χ1) is 12.4. The second kappa shape index (κ2) is 9.58. The molecule has 0 saturated carbocycles. The van der Waals surface area contributed by atoms with Crippen molar-refractivity contribution in [2.45, 2.75) is 17.2 Å². The summed E-state index contributed by atoms with van der Waals surface area (Å²) in [4.78, 5) is 4.52. The first-order valence-electron chi connectivity index (χ1n) is 7.34. The Kier molecular flexibility index (Phi) is 7.46. The summed E-state index contributed by atoms with van der Waals surface area (Å²) in [5.41, 5.74) is 2.23. The van der Waals surface area contributed by atoms with Crippen molar-refractivity contribution in [3.05, 3.63) is 58.6 Å². The highest BCUT2D eigenvalue weighted by atomic mass is 35.5. The molecular formula is C16H17ClN4O3S2. The summed E-state index contributed by atoms with van der Waals surface area (Å²) in [5, 5.41) is 14.8. The molecule has 0 aliphatic heterocycles. The van der Waals surface area contributed by atoms with E-state index in [9.17, 15) is 8.42 Å². The number of hydrogen-bond acceptors (Lipinski definition) is 5. The number of benzene rings is 2. The minimum Gasteiger partial charge on any atom is -0.372 e. The molecule has 0 aliphatic carbocycles. The fourth-order valence-corrected chi connectivity index (χ4v) is 3.55. The molecule has 2 aromatic rings. The van der Waals surface area contributed by atoms with Crippen LogP contribution in [0.15, 0.2) is 52.4 Å². The van der Waals surface area contributed by atoms with Gasteiger partial charge in [0.15, 0.2) is 5.75 Å². The molecule has 0 spiro atoms. The molecule has 0 saturated heterocycles. The molecular weight excluding hydrogens is 396 g/mol. The first-order valence-corrected chi connectivity index (χ1v) is 10.2. The number of nitrogens with two attached hydrogens (primary N) is 1. The van der Waals surface area contributed by atoms with Crippen molar-refractivity contribution in [3.8, 4) is 5.75 Å². The fourth-order valence-electron chi connectivity index (χ4n) is 1.94. The lowest BCUT2D eigenvalue weighted by Gasteiger charge is -2.08. The van der Waals surface area contributed by atoms with Gasteiger partial charge in [0.05, 0.1) is 11.4 Å². The van der Waals surface area contributed by atoms with Gasteiger partial charge in [0.1, 0.15) is 6.34 Å². The lowest BCUT2D eigenvalue weighted by atomic mass is 10.1. The van der Waals surface area contributed by atoms with E-state index in [2.05, 4.69) is 14.5 Å². The Morgan fingerprint density at radius 2 is 1.92 bits per heavy atom. The van der Waals surface area contributed by atoms with Crippen LogP contribution in [0, 0.1) is 5.41 Å². The predicted octanol–water partition coefficient (Wildman–Crippen LogP) is 2.94. The van der Waals surface area contributed by atoms with Gasteiger partial charge in [-0.25, -0.2) is 4.99 Å². The minimum atomic E-state index is -4.10. The van der Waals surface area contributed by atoms with Crippen LogP contribution < -0.4 is 14.6 Å². The van der Waals surface area contributed by atoms with Gasteiger partial charge in [-0.1, -0.05) is 35.9 Å². The normalized spacial score (nSPS) is 11.5. The summed E-state index contributed by atoms with van der Waals surface area (Å²) in [6, 6.07) is 12.9. The lowest BCUT2D eigenvalue weighted by Crippen LogP contribution is -2.19. The van der Waals surface area contributed by atoms with Crippen LogP contribution in [0.4, 0.5) is 0 Å². The van der Waals surface area contributed by atoms with E-state index in [4.69, 9.17) is 22.1 Å². The van der Waals surface area contributed by atoms with Crippen molar-refractivity contribution in [2.75, 3.05) is 0 Å². The molecule has 2 aromatic carbocycles. The molecule has 138 valence electrons. The molecule has 0 atom stereocenters.